The molecule has 0 aromatic heterocycles. The highest BCUT2D eigenvalue weighted by molar-refractivity contribution is 5.98. The molecule has 3 rings (SSSR count). The van der Waals surface area contributed by atoms with Gasteiger partial charge in [0.1, 0.15) is 5.75 Å². The Balaban J connectivity index is 1.63. The average molecular weight is 375 g/mol. The van der Waals surface area contributed by atoms with Gasteiger partial charge in [0.25, 0.3) is 5.91 Å². The zero-order chi connectivity index (χ0) is 19.9. The number of methoxy groups -OCH3 is 1. The number of carbonyl (C=O) groups is 2. The van der Waals surface area contributed by atoms with Gasteiger partial charge in [-0.15, -0.1) is 0 Å². The van der Waals surface area contributed by atoms with Crippen LogP contribution in [0.1, 0.15) is 17.3 Å². The van der Waals surface area contributed by atoms with Gasteiger partial charge in [0, 0.05) is 0 Å². The van der Waals surface area contributed by atoms with Gasteiger partial charge >= 0.3 is 5.97 Å². The number of carbonyl (C=O) groups excluding carboxylic acids is 2. The molecule has 3 aromatic carbocycles. The molecule has 0 saturated carbocycles. The van der Waals surface area contributed by atoms with Crippen LogP contribution in [0.15, 0.2) is 78.9 Å². The Bertz CT molecular complexity index is 952. The van der Waals surface area contributed by atoms with Crippen molar-refractivity contribution in [1.29, 1.82) is 0 Å². The Morgan fingerprint density at radius 1 is 0.821 bits per heavy atom. The summed E-state index contributed by atoms with van der Waals surface area (Å²) in [5.74, 6) is -0.452. The van der Waals surface area contributed by atoms with E-state index in [1.807, 2.05) is 42.5 Å². The SMILES string of the molecule is COc1ccccc1NC(=O)[C@H](C)OC(=O)c1ccc(-c2ccccc2)cc1. The van der Waals surface area contributed by atoms with Gasteiger partial charge in [0.05, 0.1) is 18.4 Å². The Labute approximate surface area is 163 Å². The molecule has 1 atom stereocenters. The summed E-state index contributed by atoms with van der Waals surface area (Å²) in [5, 5.41) is 2.71. The van der Waals surface area contributed by atoms with Crippen LogP contribution in [0.25, 0.3) is 11.1 Å². The maximum atomic E-state index is 12.4. The molecule has 0 saturated heterocycles. The predicted molar refractivity (Wildman–Crippen MR) is 108 cm³/mol. The van der Waals surface area contributed by atoms with E-state index < -0.39 is 18.0 Å². The van der Waals surface area contributed by atoms with Gasteiger partial charge in [-0.05, 0) is 42.3 Å². The highest BCUT2D eigenvalue weighted by Gasteiger charge is 2.20. The van der Waals surface area contributed by atoms with Gasteiger partial charge in [-0.25, -0.2) is 4.79 Å². The summed E-state index contributed by atoms with van der Waals surface area (Å²) in [4.78, 5) is 24.7. The zero-order valence-corrected chi connectivity index (χ0v) is 15.7. The molecule has 0 radical (unpaired) electrons. The number of nitrogens with one attached hydrogen (secondary N) is 1. The Hall–Kier alpha value is -3.60. The number of benzene rings is 3. The molecule has 0 bridgehead atoms. The van der Waals surface area contributed by atoms with Crippen molar-refractivity contribution in [2.24, 2.45) is 0 Å². The monoisotopic (exact) mass is 375 g/mol. The van der Waals surface area contributed by atoms with Gasteiger partial charge in [-0.3, -0.25) is 4.79 Å². The molecule has 0 fully saturated rings. The van der Waals surface area contributed by atoms with Crippen molar-refractivity contribution in [2.75, 3.05) is 12.4 Å². The van der Waals surface area contributed by atoms with E-state index in [1.54, 1.807) is 36.4 Å². The van der Waals surface area contributed by atoms with E-state index in [1.165, 1.54) is 14.0 Å². The maximum absolute atomic E-state index is 12.4. The number of amides is 1. The number of esters is 1. The van der Waals surface area contributed by atoms with Crippen molar-refractivity contribution in [2.45, 2.75) is 13.0 Å². The van der Waals surface area contributed by atoms with Crippen molar-refractivity contribution >= 4 is 17.6 Å². The van der Waals surface area contributed by atoms with Crippen LogP contribution in [0.4, 0.5) is 5.69 Å². The first-order valence-electron chi connectivity index (χ1n) is 8.89. The molecular weight excluding hydrogens is 354 g/mol. The molecule has 3 aromatic rings. The second-order valence-corrected chi connectivity index (χ2v) is 6.18. The summed E-state index contributed by atoms with van der Waals surface area (Å²) in [6, 6.07) is 24.0. The normalized spacial score (nSPS) is 11.4. The highest BCUT2D eigenvalue weighted by atomic mass is 16.5. The van der Waals surface area contributed by atoms with Crippen LogP contribution >= 0.6 is 0 Å². The third-order valence-electron chi connectivity index (χ3n) is 4.25. The van der Waals surface area contributed by atoms with E-state index >= 15 is 0 Å². The number of para-hydroxylation sites is 2. The summed E-state index contributed by atoms with van der Waals surface area (Å²) < 4.78 is 10.5. The Morgan fingerprint density at radius 3 is 2.11 bits per heavy atom. The van der Waals surface area contributed by atoms with Crippen molar-refractivity contribution in [1.82, 2.24) is 0 Å². The van der Waals surface area contributed by atoms with Gasteiger partial charge in [0.2, 0.25) is 0 Å². The smallest absolute Gasteiger partial charge is 0.338 e. The van der Waals surface area contributed by atoms with Crippen molar-refractivity contribution in [3.63, 3.8) is 0 Å². The predicted octanol–water partition coefficient (Wildman–Crippen LogP) is 4.55. The molecular formula is C23H21NO4. The van der Waals surface area contributed by atoms with Crippen molar-refractivity contribution in [3.05, 3.63) is 84.4 Å². The lowest BCUT2D eigenvalue weighted by Crippen LogP contribution is -2.30. The summed E-state index contributed by atoms with van der Waals surface area (Å²) in [6.07, 6.45) is -0.953. The molecule has 0 aliphatic heterocycles. The minimum atomic E-state index is -0.953. The van der Waals surface area contributed by atoms with E-state index in [-0.39, 0.29) is 0 Å². The molecule has 0 heterocycles. The van der Waals surface area contributed by atoms with Crippen LogP contribution < -0.4 is 10.1 Å². The third kappa shape index (κ3) is 4.57. The minimum absolute atomic E-state index is 0.386. The summed E-state index contributed by atoms with van der Waals surface area (Å²) >= 11 is 0. The first kappa shape index (κ1) is 19.2. The van der Waals surface area contributed by atoms with Gasteiger partial charge in [0.15, 0.2) is 6.10 Å². The van der Waals surface area contributed by atoms with Crippen LogP contribution in [-0.2, 0) is 9.53 Å². The fourth-order valence-electron chi connectivity index (χ4n) is 2.69. The minimum Gasteiger partial charge on any atom is -0.495 e. The fourth-order valence-corrected chi connectivity index (χ4v) is 2.69. The molecule has 0 aliphatic rings. The van der Waals surface area contributed by atoms with Crippen molar-refractivity contribution < 1.29 is 19.1 Å². The standard InChI is InChI=1S/C23H21NO4/c1-16(22(25)24-20-10-6-7-11-21(20)27-2)28-23(26)19-14-12-18(13-15-19)17-8-4-3-5-9-17/h3-16H,1-2H3,(H,24,25)/t16-/m0/s1. The molecule has 0 aliphatic carbocycles. The molecule has 28 heavy (non-hydrogen) atoms. The molecule has 5 heteroatoms. The number of rotatable bonds is 6. The summed E-state index contributed by atoms with van der Waals surface area (Å²) in [5.41, 5.74) is 2.97. The number of hydrogen-bond donors (Lipinski definition) is 1. The third-order valence-corrected chi connectivity index (χ3v) is 4.25. The zero-order valence-electron chi connectivity index (χ0n) is 15.7. The first-order valence-corrected chi connectivity index (χ1v) is 8.89. The summed E-state index contributed by atoms with van der Waals surface area (Å²) in [7, 11) is 1.52. The number of ether oxygens (including phenoxy) is 2. The van der Waals surface area contributed by atoms with E-state index in [0.29, 0.717) is 17.0 Å². The summed E-state index contributed by atoms with van der Waals surface area (Å²) in [6.45, 7) is 1.53. The molecule has 0 unspecified atom stereocenters. The second-order valence-electron chi connectivity index (χ2n) is 6.18. The largest absolute Gasteiger partial charge is 0.495 e. The Morgan fingerprint density at radius 2 is 1.43 bits per heavy atom. The highest BCUT2D eigenvalue weighted by Crippen LogP contribution is 2.23. The molecule has 1 N–H and O–H groups in total. The number of hydrogen-bond acceptors (Lipinski definition) is 4. The molecule has 1 amide bonds. The van der Waals surface area contributed by atoms with Gasteiger partial charge in [-0.1, -0.05) is 54.6 Å². The van der Waals surface area contributed by atoms with Crippen LogP contribution in [0.5, 0.6) is 5.75 Å². The van der Waals surface area contributed by atoms with Gasteiger partial charge in [-0.2, -0.15) is 0 Å². The topological polar surface area (TPSA) is 64.6 Å². The van der Waals surface area contributed by atoms with Crippen molar-refractivity contribution in [3.8, 4) is 16.9 Å². The van der Waals surface area contributed by atoms with Crippen LogP contribution in [-0.4, -0.2) is 25.1 Å². The van der Waals surface area contributed by atoms with Crippen LogP contribution in [0, 0.1) is 0 Å². The lowest BCUT2D eigenvalue weighted by atomic mass is 10.0. The second kappa shape index (κ2) is 8.86. The van der Waals surface area contributed by atoms with E-state index in [0.717, 1.165) is 11.1 Å². The van der Waals surface area contributed by atoms with Crippen LogP contribution in [0.2, 0.25) is 0 Å². The molecule has 5 nitrogen and oxygen atoms in total. The van der Waals surface area contributed by atoms with E-state index in [9.17, 15) is 9.59 Å². The maximum Gasteiger partial charge on any atom is 0.338 e. The lowest BCUT2D eigenvalue weighted by molar-refractivity contribution is -0.123. The lowest BCUT2D eigenvalue weighted by Gasteiger charge is -2.15. The van der Waals surface area contributed by atoms with Gasteiger partial charge < -0.3 is 14.8 Å². The first-order chi connectivity index (χ1) is 13.6. The number of anilines is 1. The molecule has 142 valence electrons. The van der Waals surface area contributed by atoms with E-state index in [4.69, 9.17) is 9.47 Å². The van der Waals surface area contributed by atoms with Crippen LogP contribution in [0.3, 0.4) is 0 Å². The average Bonchev–Trinajstić information content (AvgIpc) is 2.74. The quantitative estimate of drug-likeness (QED) is 0.642. The Kier molecular flexibility index (Phi) is 6.07. The van der Waals surface area contributed by atoms with E-state index in [2.05, 4.69) is 5.32 Å². The fraction of sp³-hybridized carbons (Fsp3) is 0.130. The molecule has 0 spiro atoms.